The number of Topliss-reactive ketones (excluding diaryl/α,β-unsaturated/α-hetero) is 1. The van der Waals surface area contributed by atoms with Crippen molar-refractivity contribution in [2.75, 3.05) is 32.2 Å². The van der Waals surface area contributed by atoms with E-state index in [4.69, 9.17) is 4.74 Å². The van der Waals surface area contributed by atoms with Crippen molar-refractivity contribution in [1.82, 2.24) is 0 Å². The summed E-state index contributed by atoms with van der Waals surface area (Å²) in [5.41, 5.74) is 4.91. The summed E-state index contributed by atoms with van der Waals surface area (Å²) in [6.07, 6.45) is 7.22. The smallest absolute Gasteiger partial charge is 0.303 e. The molecule has 0 radical (unpaired) electrons. The Balaban J connectivity index is 1.66. The van der Waals surface area contributed by atoms with Crippen LogP contribution in [0.25, 0.3) is 0 Å². The molecule has 0 aliphatic heterocycles. The van der Waals surface area contributed by atoms with Gasteiger partial charge in [0.2, 0.25) is 0 Å². The first-order valence-electron chi connectivity index (χ1n) is 14.1. The topological polar surface area (TPSA) is 83.9 Å². The van der Waals surface area contributed by atoms with Crippen LogP contribution in [0, 0.1) is 34.5 Å². The molecule has 0 heterocycles. The maximum atomic E-state index is 13.9. The van der Waals surface area contributed by atoms with Gasteiger partial charge in [-0.25, -0.2) is 0 Å². The van der Waals surface area contributed by atoms with Crippen LogP contribution in [0.4, 0.5) is 5.69 Å². The summed E-state index contributed by atoms with van der Waals surface area (Å²) in [6, 6.07) is 8.70. The summed E-state index contributed by atoms with van der Waals surface area (Å²) >= 11 is 0. The lowest BCUT2D eigenvalue weighted by molar-refractivity contribution is -0.150. The van der Waals surface area contributed by atoms with Gasteiger partial charge in [0, 0.05) is 39.0 Å². The Labute approximate surface area is 231 Å². The van der Waals surface area contributed by atoms with Crippen molar-refractivity contribution in [3.63, 3.8) is 0 Å². The maximum absolute atomic E-state index is 13.9. The lowest BCUT2D eigenvalue weighted by Gasteiger charge is -2.54. The Hall–Kier alpha value is -3.17. The molecular formula is C33H39NO5. The number of hydrogen-bond donors (Lipinski definition) is 1. The highest BCUT2D eigenvalue weighted by atomic mass is 16.5. The Morgan fingerprint density at radius 1 is 1.13 bits per heavy atom. The predicted molar refractivity (Wildman–Crippen MR) is 150 cm³/mol. The van der Waals surface area contributed by atoms with Crippen molar-refractivity contribution >= 4 is 23.2 Å². The van der Waals surface area contributed by atoms with Gasteiger partial charge in [0.1, 0.15) is 6.61 Å². The molecule has 1 aromatic carbocycles. The van der Waals surface area contributed by atoms with Crippen LogP contribution >= 0.6 is 0 Å². The molecule has 206 valence electrons. The fourth-order valence-corrected chi connectivity index (χ4v) is 8.21. The quantitative estimate of drug-likeness (QED) is 0.437. The Kier molecular flexibility index (Phi) is 7.33. The molecule has 2 fully saturated rings. The van der Waals surface area contributed by atoms with Gasteiger partial charge < -0.3 is 14.7 Å². The van der Waals surface area contributed by atoms with Crippen molar-refractivity contribution in [2.24, 2.45) is 22.7 Å². The molecule has 0 saturated heterocycles. The zero-order valence-electron chi connectivity index (χ0n) is 23.5. The SMILES string of the molecule is CC(=O)OCC(=O)[C@@]1(C#CCO)CC[C@H]2[C@@H]3CCC4=CC(=O)CCC4=C3[C@@H](c3ccc(N(C)C)cc3)C[C@@]21C. The zero-order valence-corrected chi connectivity index (χ0v) is 23.5. The summed E-state index contributed by atoms with van der Waals surface area (Å²) in [4.78, 5) is 39.9. The van der Waals surface area contributed by atoms with Gasteiger partial charge in [0.25, 0.3) is 0 Å². The molecule has 6 nitrogen and oxygen atoms in total. The van der Waals surface area contributed by atoms with E-state index in [-0.39, 0.29) is 36.6 Å². The molecule has 1 N–H and O–H groups in total. The highest BCUT2D eigenvalue weighted by Crippen LogP contribution is 2.69. The number of carbonyl (C=O) groups excluding carboxylic acids is 3. The average molecular weight is 530 g/mol. The van der Waals surface area contributed by atoms with E-state index in [1.54, 1.807) is 0 Å². The lowest BCUT2D eigenvalue weighted by Crippen LogP contribution is -2.51. The minimum atomic E-state index is -0.994. The van der Waals surface area contributed by atoms with E-state index in [2.05, 4.69) is 47.9 Å². The van der Waals surface area contributed by atoms with Gasteiger partial charge in [-0.1, -0.05) is 36.5 Å². The largest absolute Gasteiger partial charge is 0.458 e. The molecule has 2 saturated carbocycles. The standard InChI is InChI=1S/C33H39NO5/c1-21(36)39-20-30(38)33(15-5-17-35)16-14-29-27-12-8-23-18-25(37)11-13-26(23)31(27)28(19-32(29,33)2)22-6-9-24(10-7-22)34(3)4/h6-7,9-10,18,27-29,35H,8,11-14,16-17,19-20H2,1-4H3/t27-,28+,29-,32-,33+/m0/s1. The van der Waals surface area contributed by atoms with Crippen molar-refractivity contribution in [3.8, 4) is 11.8 Å². The second-order valence-electron chi connectivity index (χ2n) is 12.1. The Morgan fingerprint density at radius 3 is 2.54 bits per heavy atom. The first-order valence-corrected chi connectivity index (χ1v) is 14.1. The monoisotopic (exact) mass is 529 g/mol. The van der Waals surface area contributed by atoms with Gasteiger partial charge in [-0.15, -0.1) is 0 Å². The minimum absolute atomic E-state index is 0.0919. The van der Waals surface area contributed by atoms with Crippen molar-refractivity contribution in [2.45, 2.75) is 64.7 Å². The first-order chi connectivity index (χ1) is 18.6. The fraction of sp³-hybridized carbons (Fsp3) is 0.545. The molecule has 5 atom stereocenters. The van der Waals surface area contributed by atoms with E-state index in [0.717, 1.165) is 37.8 Å². The van der Waals surface area contributed by atoms with Gasteiger partial charge in [-0.05, 0) is 90.7 Å². The van der Waals surface area contributed by atoms with Gasteiger partial charge >= 0.3 is 5.97 Å². The number of aliphatic hydroxyl groups is 1. The van der Waals surface area contributed by atoms with Crippen LogP contribution in [0.15, 0.2) is 47.1 Å². The third kappa shape index (κ3) is 4.55. The number of allylic oxidation sites excluding steroid dienone is 4. The van der Waals surface area contributed by atoms with E-state index >= 15 is 0 Å². The number of ketones is 2. The third-order valence-corrected chi connectivity index (χ3v) is 10.0. The second kappa shape index (κ2) is 10.4. The van der Waals surface area contributed by atoms with Crippen molar-refractivity contribution in [1.29, 1.82) is 0 Å². The number of anilines is 1. The summed E-state index contributed by atoms with van der Waals surface area (Å²) in [7, 11) is 4.06. The van der Waals surface area contributed by atoms with Crippen LogP contribution in [0.3, 0.4) is 0 Å². The number of esters is 1. The molecule has 0 unspecified atom stereocenters. The predicted octanol–water partition coefficient (Wildman–Crippen LogP) is 4.77. The number of nitrogens with zero attached hydrogens (tertiary/aromatic N) is 1. The highest BCUT2D eigenvalue weighted by molar-refractivity contribution is 5.93. The fourth-order valence-electron chi connectivity index (χ4n) is 8.21. The molecule has 4 aliphatic rings. The van der Waals surface area contributed by atoms with E-state index in [1.807, 2.05) is 20.2 Å². The lowest BCUT2D eigenvalue weighted by atomic mass is 9.48. The van der Waals surface area contributed by atoms with E-state index in [9.17, 15) is 19.5 Å². The number of carbonyl (C=O) groups is 3. The Bertz CT molecular complexity index is 1310. The summed E-state index contributed by atoms with van der Waals surface area (Å²) < 4.78 is 5.21. The normalized spacial score (nSPS) is 31.3. The zero-order chi connectivity index (χ0) is 27.9. The van der Waals surface area contributed by atoms with Crippen LogP contribution in [0.1, 0.15) is 70.3 Å². The minimum Gasteiger partial charge on any atom is -0.458 e. The third-order valence-electron chi connectivity index (χ3n) is 10.0. The number of ether oxygens (including phenoxy) is 1. The number of hydrogen-bond acceptors (Lipinski definition) is 6. The second-order valence-corrected chi connectivity index (χ2v) is 12.1. The molecular weight excluding hydrogens is 490 g/mol. The van der Waals surface area contributed by atoms with E-state index < -0.39 is 16.8 Å². The molecule has 0 spiro atoms. The van der Waals surface area contributed by atoms with Crippen LogP contribution in [0.2, 0.25) is 0 Å². The average Bonchev–Trinajstić information content (AvgIpc) is 3.22. The van der Waals surface area contributed by atoms with Crippen LogP contribution < -0.4 is 4.90 Å². The molecule has 0 aromatic heterocycles. The molecule has 1 aromatic rings. The van der Waals surface area contributed by atoms with Gasteiger partial charge in [0.05, 0.1) is 5.41 Å². The molecule has 6 heteroatoms. The number of benzene rings is 1. The van der Waals surface area contributed by atoms with Gasteiger partial charge in [0.15, 0.2) is 18.2 Å². The summed E-state index contributed by atoms with van der Waals surface area (Å²) in [5, 5.41) is 9.64. The number of rotatable bonds is 5. The molecule has 5 rings (SSSR count). The Morgan fingerprint density at radius 2 is 1.87 bits per heavy atom. The first kappa shape index (κ1) is 27.4. The van der Waals surface area contributed by atoms with Crippen LogP contribution in [0.5, 0.6) is 0 Å². The van der Waals surface area contributed by atoms with E-state index in [0.29, 0.717) is 18.8 Å². The summed E-state index contributed by atoms with van der Waals surface area (Å²) in [6.45, 7) is 2.90. The van der Waals surface area contributed by atoms with Gasteiger partial charge in [-0.2, -0.15) is 0 Å². The molecule has 39 heavy (non-hydrogen) atoms. The molecule has 4 aliphatic carbocycles. The number of aliphatic hydroxyl groups excluding tert-OH is 1. The van der Waals surface area contributed by atoms with Crippen LogP contribution in [-0.4, -0.2) is 50.0 Å². The number of fused-ring (bicyclic) bond motifs is 4. The molecule has 0 bridgehead atoms. The van der Waals surface area contributed by atoms with Crippen molar-refractivity contribution in [3.05, 3.63) is 52.6 Å². The van der Waals surface area contributed by atoms with Crippen molar-refractivity contribution < 1.29 is 24.2 Å². The van der Waals surface area contributed by atoms with Gasteiger partial charge in [-0.3, -0.25) is 14.4 Å². The van der Waals surface area contributed by atoms with Crippen LogP contribution in [-0.2, 0) is 19.1 Å². The highest BCUT2D eigenvalue weighted by Gasteiger charge is 2.65. The maximum Gasteiger partial charge on any atom is 0.303 e. The summed E-state index contributed by atoms with van der Waals surface area (Å²) in [5.74, 6) is 6.27. The van der Waals surface area contributed by atoms with E-state index in [1.165, 1.54) is 29.2 Å². The molecule has 0 amide bonds.